The number of aryl methyl sites for hydroxylation is 1. The van der Waals surface area contributed by atoms with E-state index in [2.05, 4.69) is 0 Å². The number of amides is 1. The fraction of sp³-hybridized carbons (Fsp3) is 0.450. The normalized spacial score (nSPS) is 19.9. The van der Waals surface area contributed by atoms with Crippen LogP contribution in [-0.2, 0) is 22.4 Å². The molecular formula is C20H21NO6. The lowest BCUT2D eigenvalue weighted by molar-refractivity contribution is -0.150. The molecule has 4 rings (SSSR count). The maximum Gasteiger partial charge on any atom is 0.339 e. The average Bonchev–Trinajstić information content (AvgIpc) is 3.30. The first-order valence-electron chi connectivity index (χ1n) is 9.24. The predicted octanol–water partition coefficient (Wildman–Crippen LogP) is 2.12. The molecule has 1 amide bonds. The molecule has 142 valence electrons. The number of carbonyl (C=O) groups is 2. The maximum absolute atomic E-state index is 12.6. The Morgan fingerprint density at radius 2 is 2.04 bits per heavy atom. The highest BCUT2D eigenvalue weighted by atomic mass is 16.5. The lowest BCUT2D eigenvalue weighted by atomic mass is 10.1. The van der Waals surface area contributed by atoms with Gasteiger partial charge in [0.15, 0.2) is 6.10 Å². The molecule has 7 nitrogen and oxygen atoms in total. The van der Waals surface area contributed by atoms with Crippen LogP contribution in [-0.4, -0.2) is 40.6 Å². The monoisotopic (exact) mass is 371 g/mol. The highest BCUT2D eigenvalue weighted by Crippen LogP contribution is 2.30. The molecule has 0 spiro atoms. The minimum atomic E-state index is -0.991. The van der Waals surface area contributed by atoms with Crippen LogP contribution in [0.5, 0.6) is 5.75 Å². The first-order chi connectivity index (χ1) is 13.0. The van der Waals surface area contributed by atoms with Crippen molar-refractivity contribution in [1.29, 1.82) is 0 Å². The zero-order chi connectivity index (χ0) is 19.1. The summed E-state index contributed by atoms with van der Waals surface area (Å²) in [5.41, 5.74) is 1.94. The van der Waals surface area contributed by atoms with Crippen molar-refractivity contribution in [3.05, 3.63) is 39.7 Å². The van der Waals surface area contributed by atoms with Gasteiger partial charge in [0.25, 0.3) is 5.91 Å². The van der Waals surface area contributed by atoms with Crippen LogP contribution in [0.3, 0.4) is 0 Å². The van der Waals surface area contributed by atoms with Crippen LogP contribution in [0.1, 0.15) is 37.3 Å². The van der Waals surface area contributed by atoms with Crippen molar-refractivity contribution >= 4 is 22.8 Å². The SMILES string of the molecule is CC(Oc1ccc2c3c(c(=O)oc2c1)CCC3)C(=O)N1CCC[C@H]1C(=O)O. The van der Waals surface area contributed by atoms with E-state index >= 15 is 0 Å². The second-order valence-corrected chi connectivity index (χ2v) is 7.15. The van der Waals surface area contributed by atoms with E-state index in [1.165, 1.54) is 4.90 Å². The second kappa shape index (κ2) is 6.72. The third-order valence-corrected chi connectivity index (χ3v) is 5.43. The molecule has 2 aromatic rings. The summed E-state index contributed by atoms with van der Waals surface area (Å²) in [7, 11) is 0. The number of hydrogen-bond donors (Lipinski definition) is 1. The lowest BCUT2D eigenvalue weighted by Gasteiger charge is -2.25. The molecular weight excluding hydrogens is 350 g/mol. The quantitative estimate of drug-likeness (QED) is 0.827. The highest BCUT2D eigenvalue weighted by Gasteiger charge is 2.36. The van der Waals surface area contributed by atoms with Gasteiger partial charge in [0.1, 0.15) is 17.4 Å². The van der Waals surface area contributed by atoms with Gasteiger partial charge in [0, 0.05) is 23.6 Å². The van der Waals surface area contributed by atoms with Crippen LogP contribution >= 0.6 is 0 Å². The molecule has 27 heavy (non-hydrogen) atoms. The van der Waals surface area contributed by atoms with Gasteiger partial charge in [-0.1, -0.05) is 0 Å². The number of carbonyl (C=O) groups excluding carboxylic acids is 1. The largest absolute Gasteiger partial charge is 0.481 e. The van der Waals surface area contributed by atoms with Crippen molar-refractivity contribution in [2.45, 2.75) is 51.2 Å². The number of ether oxygens (including phenoxy) is 1. The van der Waals surface area contributed by atoms with Gasteiger partial charge in [-0.15, -0.1) is 0 Å². The van der Waals surface area contributed by atoms with E-state index in [1.807, 2.05) is 6.07 Å². The number of carboxylic acid groups (broad SMARTS) is 1. The Morgan fingerprint density at radius 3 is 2.81 bits per heavy atom. The predicted molar refractivity (Wildman–Crippen MR) is 97.0 cm³/mol. The number of carboxylic acids is 1. The molecule has 7 heteroatoms. The topological polar surface area (TPSA) is 97.0 Å². The zero-order valence-electron chi connectivity index (χ0n) is 15.1. The second-order valence-electron chi connectivity index (χ2n) is 7.15. The third-order valence-electron chi connectivity index (χ3n) is 5.43. The molecule has 2 aliphatic rings. The average molecular weight is 371 g/mol. The number of hydrogen-bond acceptors (Lipinski definition) is 5. The summed E-state index contributed by atoms with van der Waals surface area (Å²) in [6.45, 7) is 2.02. The molecule has 1 aromatic carbocycles. The molecule has 0 saturated carbocycles. The van der Waals surface area contributed by atoms with Crippen LogP contribution in [0.15, 0.2) is 27.4 Å². The highest BCUT2D eigenvalue weighted by molar-refractivity contribution is 5.87. The van der Waals surface area contributed by atoms with Crippen molar-refractivity contribution in [1.82, 2.24) is 4.90 Å². The fourth-order valence-corrected chi connectivity index (χ4v) is 4.11. The lowest BCUT2D eigenvalue weighted by Crippen LogP contribution is -2.46. The van der Waals surface area contributed by atoms with Crippen molar-refractivity contribution < 1.29 is 23.8 Å². The Morgan fingerprint density at radius 1 is 1.26 bits per heavy atom. The number of aliphatic carboxylic acids is 1. The molecule has 0 radical (unpaired) electrons. The Bertz CT molecular complexity index is 978. The number of likely N-dealkylation sites (tertiary alicyclic amines) is 1. The number of nitrogens with zero attached hydrogens (tertiary/aromatic N) is 1. The maximum atomic E-state index is 12.6. The minimum absolute atomic E-state index is 0.308. The van der Waals surface area contributed by atoms with Crippen LogP contribution in [0.25, 0.3) is 11.0 Å². The number of fused-ring (bicyclic) bond motifs is 3. The molecule has 1 aliphatic carbocycles. The molecule has 1 unspecified atom stereocenters. The molecule has 1 aromatic heterocycles. The Kier molecular flexibility index (Phi) is 4.37. The van der Waals surface area contributed by atoms with E-state index < -0.39 is 18.1 Å². The van der Waals surface area contributed by atoms with Gasteiger partial charge in [0.2, 0.25) is 0 Å². The number of rotatable bonds is 4. The van der Waals surface area contributed by atoms with Gasteiger partial charge < -0.3 is 19.2 Å². The first-order valence-corrected chi connectivity index (χ1v) is 9.24. The van der Waals surface area contributed by atoms with E-state index in [0.29, 0.717) is 30.7 Å². The van der Waals surface area contributed by atoms with E-state index in [9.17, 15) is 19.5 Å². The molecule has 1 aliphatic heterocycles. The van der Waals surface area contributed by atoms with E-state index in [0.717, 1.165) is 35.8 Å². The zero-order valence-corrected chi connectivity index (χ0v) is 15.1. The summed E-state index contributed by atoms with van der Waals surface area (Å²) in [6.07, 6.45) is 2.85. The molecule has 2 atom stereocenters. The standard InChI is InChI=1S/C20H21NO6/c1-11(18(22)21-9-3-6-16(21)19(23)24)26-12-7-8-14-13-4-2-5-15(13)20(25)27-17(14)10-12/h7-8,10-11,16H,2-6,9H2,1H3,(H,23,24)/t11?,16-/m0/s1. The summed E-state index contributed by atoms with van der Waals surface area (Å²) < 4.78 is 11.2. The van der Waals surface area contributed by atoms with Gasteiger partial charge in [-0.25, -0.2) is 9.59 Å². The summed E-state index contributed by atoms with van der Waals surface area (Å²) >= 11 is 0. The Hall–Kier alpha value is -2.83. The van der Waals surface area contributed by atoms with Crippen LogP contribution in [0.4, 0.5) is 0 Å². The van der Waals surface area contributed by atoms with E-state index in [-0.39, 0.29) is 11.5 Å². The summed E-state index contributed by atoms with van der Waals surface area (Å²) in [6, 6.07) is 4.44. The van der Waals surface area contributed by atoms with Crippen molar-refractivity contribution in [3.63, 3.8) is 0 Å². The molecule has 1 N–H and O–H groups in total. The third kappa shape index (κ3) is 3.07. The van der Waals surface area contributed by atoms with E-state index in [4.69, 9.17) is 9.15 Å². The number of benzene rings is 1. The summed E-state index contributed by atoms with van der Waals surface area (Å²) in [5.74, 6) is -0.930. The van der Waals surface area contributed by atoms with Crippen molar-refractivity contribution in [3.8, 4) is 5.75 Å². The molecule has 0 bridgehead atoms. The molecule has 1 fully saturated rings. The molecule has 1 saturated heterocycles. The van der Waals surface area contributed by atoms with Gasteiger partial charge in [-0.05, 0) is 56.7 Å². The minimum Gasteiger partial charge on any atom is -0.481 e. The van der Waals surface area contributed by atoms with Crippen LogP contribution in [0, 0.1) is 0 Å². The van der Waals surface area contributed by atoms with Crippen LogP contribution < -0.4 is 10.4 Å². The summed E-state index contributed by atoms with van der Waals surface area (Å²) in [4.78, 5) is 37.4. The van der Waals surface area contributed by atoms with Gasteiger partial charge in [-0.2, -0.15) is 0 Å². The fourth-order valence-electron chi connectivity index (χ4n) is 4.11. The van der Waals surface area contributed by atoms with E-state index in [1.54, 1.807) is 19.1 Å². The summed E-state index contributed by atoms with van der Waals surface area (Å²) in [5, 5.41) is 10.2. The van der Waals surface area contributed by atoms with Gasteiger partial charge in [-0.3, -0.25) is 4.79 Å². The van der Waals surface area contributed by atoms with Gasteiger partial charge in [0.05, 0.1) is 0 Å². The van der Waals surface area contributed by atoms with Gasteiger partial charge >= 0.3 is 11.6 Å². The van der Waals surface area contributed by atoms with Crippen molar-refractivity contribution in [2.75, 3.05) is 6.54 Å². The van der Waals surface area contributed by atoms with Crippen molar-refractivity contribution in [2.24, 2.45) is 0 Å². The van der Waals surface area contributed by atoms with Crippen LogP contribution in [0.2, 0.25) is 0 Å². The smallest absolute Gasteiger partial charge is 0.339 e. The molecule has 2 heterocycles. The Balaban J connectivity index is 1.56. The first kappa shape index (κ1) is 17.6. The Labute approximate surface area is 155 Å².